The standard InChI is InChI=1S/C14H18BrFN2S2/c1-2-20-11-5-3-4-9(11)18-10-7-6-8(14(17)19)12(15)13(10)16/h6-7,9,11,18H,2-5H2,1H3,(H2,17,19). The molecule has 1 saturated carbocycles. The van der Waals surface area contributed by atoms with Gasteiger partial charge in [0.15, 0.2) is 5.82 Å². The van der Waals surface area contributed by atoms with Crippen molar-refractivity contribution in [2.24, 2.45) is 5.73 Å². The van der Waals surface area contributed by atoms with Crippen LogP contribution >= 0.6 is 39.9 Å². The lowest BCUT2D eigenvalue weighted by Gasteiger charge is -2.22. The molecule has 0 amide bonds. The summed E-state index contributed by atoms with van der Waals surface area (Å²) >= 11 is 10.1. The number of benzene rings is 1. The van der Waals surface area contributed by atoms with E-state index < -0.39 is 0 Å². The minimum Gasteiger partial charge on any atom is -0.389 e. The highest BCUT2D eigenvalue weighted by atomic mass is 79.9. The van der Waals surface area contributed by atoms with Crippen molar-refractivity contribution in [3.63, 3.8) is 0 Å². The molecule has 1 aliphatic rings. The predicted octanol–water partition coefficient (Wildman–Crippen LogP) is 4.31. The molecule has 0 spiro atoms. The van der Waals surface area contributed by atoms with Crippen molar-refractivity contribution in [2.45, 2.75) is 37.5 Å². The summed E-state index contributed by atoms with van der Waals surface area (Å²) in [5.74, 6) is 0.775. The van der Waals surface area contributed by atoms with Crippen LogP contribution < -0.4 is 11.1 Å². The van der Waals surface area contributed by atoms with Gasteiger partial charge in [-0.05, 0) is 46.7 Å². The van der Waals surface area contributed by atoms with E-state index in [0.29, 0.717) is 27.0 Å². The zero-order valence-corrected chi connectivity index (χ0v) is 14.5. The summed E-state index contributed by atoms with van der Waals surface area (Å²) in [6, 6.07) is 3.81. The fourth-order valence-electron chi connectivity index (χ4n) is 2.56. The highest BCUT2D eigenvalue weighted by molar-refractivity contribution is 9.10. The number of thioether (sulfide) groups is 1. The minimum atomic E-state index is -0.317. The number of hydrogen-bond acceptors (Lipinski definition) is 3. The molecule has 0 radical (unpaired) electrons. The zero-order chi connectivity index (χ0) is 14.7. The summed E-state index contributed by atoms with van der Waals surface area (Å²) in [6.45, 7) is 2.16. The van der Waals surface area contributed by atoms with Crippen molar-refractivity contribution < 1.29 is 4.39 Å². The van der Waals surface area contributed by atoms with Crippen molar-refractivity contribution in [3.05, 3.63) is 28.0 Å². The van der Waals surface area contributed by atoms with E-state index in [0.717, 1.165) is 12.2 Å². The molecule has 3 N–H and O–H groups in total. The van der Waals surface area contributed by atoms with Crippen LogP contribution in [0.2, 0.25) is 0 Å². The maximum absolute atomic E-state index is 14.4. The first kappa shape index (κ1) is 16.0. The van der Waals surface area contributed by atoms with Crippen molar-refractivity contribution >= 4 is 50.6 Å². The Bertz CT molecular complexity index is 510. The predicted molar refractivity (Wildman–Crippen MR) is 93.2 cm³/mol. The van der Waals surface area contributed by atoms with Gasteiger partial charge in [0.2, 0.25) is 0 Å². The van der Waals surface area contributed by atoms with E-state index in [2.05, 4.69) is 28.2 Å². The zero-order valence-electron chi connectivity index (χ0n) is 11.3. The van der Waals surface area contributed by atoms with Gasteiger partial charge in [-0.3, -0.25) is 0 Å². The fraction of sp³-hybridized carbons (Fsp3) is 0.500. The van der Waals surface area contributed by atoms with Gasteiger partial charge in [0.25, 0.3) is 0 Å². The largest absolute Gasteiger partial charge is 0.389 e. The Morgan fingerprint density at radius 3 is 2.95 bits per heavy atom. The molecule has 1 aliphatic carbocycles. The summed E-state index contributed by atoms with van der Waals surface area (Å²) in [7, 11) is 0. The number of nitrogens with one attached hydrogen (secondary N) is 1. The maximum atomic E-state index is 14.4. The Labute approximate surface area is 137 Å². The van der Waals surface area contributed by atoms with Gasteiger partial charge in [-0.25, -0.2) is 4.39 Å². The fourth-order valence-corrected chi connectivity index (χ4v) is 4.61. The lowest BCUT2D eigenvalue weighted by atomic mass is 10.1. The normalized spacial score (nSPS) is 21.9. The summed E-state index contributed by atoms with van der Waals surface area (Å²) in [6.07, 6.45) is 3.48. The summed E-state index contributed by atoms with van der Waals surface area (Å²) in [5.41, 5.74) is 6.62. The van der Waals surface area contributed by atoms with Gasteiger partial charge in [-0.1, -0.05) is 25.6 Å². The number of hydrogen-bond donors (Lipinski definition) is 2. The highest BCUT2D eigenvalue weighted by Gasteiger charge is 2.28. The maximum Gasteiger partial charge on any atom is 0.161 e. The number of thiocarbonyl (C=S) groups is 1. The van der Waals surface area contributed by atoms with Crippen LogP contribution in [0.5, 0.6) is 0 Å². The van der Waals surface area contributed by atoms with E-state index in [1.807, 2.05) is 11.8 Å². The summed E-state index contributed by atoms with van der Waals surface area (Å²) < 4.78 is 14.7. The molecule has 2 rings (SSSR count). The Balaban J connectivity index is 2.18. The molecule has 1 aromatic rings. The van der Waals surface area contributed by atoms with Crippen molar-refractivity contribution in [1.82, 2.24) is 0 Å². The lowest BCUT2D eigenvalue weighted by molar-refractivity contribution is 0.618. The van der Waals surface area contributed by atoms with Crippen LogP contribution in [0.15, 0.2) is 16.6 Å². The number of anilines is 1. The molecule has 2 unspecified atom stereocenters. The summed E-state index contributed by atoms with van der Waals surface area (Å²) in [4.78, 5) is 0.197. The smallest absolute Gasteiger partial charge is 0.161 e. The Hall–Kier alpha value is -0.330. The molecule has 0 bridgehead atoms. The molecule has 1 aromatic carbocycles. The monoisotopic (exact) mass is 376 g/mol. The molecule has 6 heteroatoms. The number of rotatable bonds is 5. The number of nitrogens with two attached hydrogens (primary N) is 1. The second-order valence-corrected chi connectivity index (χ2v) is 7.58. The summed E-state index contributed by atoms with van der Waals surface area (Å²) in [5, 5.41) is 3.90. The van der Waals surface area contributed by atoms with Gasteiger partial charge in [0, 0.05) is 16.9 Å². The van der Waals surface area contributed by atoms with Crippen LogP contribution in [0.4, 0.5) is 10.1 Å². The van der Waals surface area contributed by atoms with Crippen LogP contribution in [-0.2, 0) is 0 Å². The van der Waals surface area contributed by atoms with Gasteiger partial charge in [-0.15, -0.1) is 0 Å². The van der Waals surface area contributed by atoms with Crippen molar-refractivity contribution in [3.8, 4) is 0 Å². The molecule has 20 heavy (non-hydrogen) atoms. The first-order chi connectivity index (χ1) is 9.54. The molecule has 2 atom stereocenters. The molecule has 2 nitrogen and oxygen atoms in total. The van der Waals surface area contributed by atoms with E-state index in [1.54, 1.807) is 12.1 Å². The lowest BCUT2D eigenvalue weighted by Crippen LogP contribution is -2.27. The van der Waals surface area contributed by atoms with Crippen LogP contribution in [0.1, 0.15) is 31.7 Å². The van der Waals surface area contributed by atoms with Crippen molar-refractivity contribution in [2.75, 3.05) is 11.1 Å². The van der Waals surface area contributed by atoms with Gasteiger partial charge in [-0.2, -0.15) is 11.8 Å². The number of halogens is 2. The molecular weight excluding hydrogens is 359 g/mol. The van der Waals surface area contributed by atoms with Gasteiger partial charge in [0.05, 0.1) is 10.2 Å². The molecule has 1 fully saturated rings. The van der Waals surface area contributed by atoms with Crippen molar-refractivity contribution in [1.29, 1.82) is 0 Å². The second kappa shape index (κ2) is 7.09. The van der Waals surface area contributed by atoms with E-state index >= 15 is 0 Å². The third kappa shape index (κ3) is 3.46. The SMILES string of the molecule is CCSC1CCCC1Nc1ccc(C(N)=S)c(Br)c1F. The van der Waals surface area contributed by atoms with E-state index in [9.17, 15) is 4.39 Å². The van der Waals surface area contributed by atoms with Crippen LogP contribution in [0, 0.1) is 5.82 Å². The quantitative estimate of drug-likeness (QED) is 0.750. The first-order valence-electron chi connectivity index (χ1n) is 6.70. The van der Waals surface area contributed by atoms with Crippen LogP contribution in [0.3, 0.4) is 0 Å². The van der Waals surface area contributed by atoms with E-state index in [1.165, 1.54) is 12.8 Å². The Morgan fingerprint density at radius 2 is 2.30 bits per heavy atom. The molecule has 0 aromatic heterocycles. The Morgan fingerprint density at radius 1 is 1.55 bits per heavy atom. The van der Waals surface area contributed by atoms with Gasteiger partial charge < -0.3 is 11.1 Å². The van der Waals surface area contributed by atoms with Crippen LogP contribution in [0.25, 0.3) is 0 Å². The molecule has 110 valence electrons. The van der Waals surface area contributed by atoms with E-state index in [4.69, 9.17) is 18.0 Å². The molecular formula is C14H18BrFN2S2. The van der Waals surface area contributed by atoms with Crippen LogP contribution in [-0.4, -0.2) is 22.0 Å². The third-order valence-electron chi connectivity index (χ3n) is 3.52. The highest BCUT2D eigenvalue weighted by Crippen LogP contribution is 2.34. The van der Waals surface area contributed by atoms with Gasteiger partial charge >= 0.3 is 0 Å². The van der Waals surface area contributed by atoms with Gasteiger partial charge in [0.1, 0.15) is 4.99 Å². The molecule has 0 saturated heterocycles. The average Bonchev–Trinajstić information content (AvgIpc) is 2.83. The first-order valence-corrected chi connectivity index (χ1v) is 8.95. The minimum absolute atomic E-state index is 0.197. The molecule has 0 aliphatic heterocycles. The second-order valence-electron chi connectivity index (χ2n) is 4.83. The van der Waals surface area contributed by atoms with E-state index in [-0.39, 0.29) is 10.8 Å². The Kier molecular flexibility index (Phi) is 5.69. The molecule has 0 heterocycles. The third-order valence-corrected chi connectivity index (χ3v) is 5.84. The topological polar surface area (TPSA) is 38.0 Å². The average molecular weight is 377 g/mol.